The number of aromatic nitrogens is 4. The summed E-state index contributed by atoms with van der Waals surface area (Å²) in [6.45, 7) is 9.48. The lowest BCUT2D eigenvalue weighted by atomic mass is 10.1. The van der Waals surface area contributed by atoms with Crippen molar-refractivity contribution in [1.82, 2.24) is 29.0 Å². The Kier molecular flexibility index (Phi) is 8.85. The molecule has 2 aromatic heterocycles. The number of aryl methyl sites for hydroxylation is 1. The van der Waals surface area contributed by atoms with Crippen LogP contribution in [0.5, 0.6) is 0 Å². The van der Waals surface area contributed by atoms with E-state index in [9.17, 15) is 13.5 Å². The third-order valence-electron chi connectivity index (χ3n) is 7.05. The number of anilines is 1. The number of methoxy groups -OCH3 is 1. The number of piperidine rings is 1. The first-order valence-electron chi connectivity index (χ1n) is 13.1. The zero-order chi connectivity index (χ0) is 26.6. The fraction of sp³-hybridized carbons (Fsp3) is 0.720. The molecule has 2 saturated heterocycles. The normalized spacial score (nSPS) is 20.5. The summed E-state index contributed by atoms with van der Waals surface area (Å²) in [5, 5.41) is 17.8. The molecule has 206 valence electrons. The lowest BCUT2D eigenvalue weighted by molar-refractivity contribution is 0.0577. The van der Waals surface area contributed by atoms with Gasteiger partial charge in [-0.2, -0.15) is 5.10 Å². The second-order valence-corrected chi connectivity index (χ2v) is 13.0. The fourth-order valence-corrected chi connectivity index (χ4v) is 6.54. The van der Waals surface area contributed by atoms with E-state index in [1.807, 2.05) is 13.1 Å². The monoisotopic (exact) mass is 535 g/mol. The van der Waals surface area contributed by atoms with Crippen LogP contribution >= 0.6 is 0 Å². The van der Waals surface area contributed by atoms with Crippen LogP contribution in [0.3, 0.4) is 0 Å². The third kappa shape index (κ3) is 7.70. The van der Waals surface area contributed by atoms with Gasteiger partial charge < -0.3 is 20.1 Å². The Bertz CT molecular complexity index is 1140. The van der Waals surface area contributed by atoms with Gasteiger partial charge in [0.2, 0.25) is 16.0 Å². The lowest BCUT2D eigenvalue weighted by Gasteiger charge is -2.31. The van der Waals surface area contributed by atoms with Crippen LogP contribution in [0.25, 0.3) is 11.3 Å². The minimum atomic E-state index is -3.26. The van der Waals surface area contributed by atoms with Gasteiger partial charge in [-0.1, -0.05) is 0 Å². The number of aliphatic hydroxyl groups is 1. The highest BCUT2D eigenvalue weighted by Crippen LogP contribution is 2.24. The molecule has 0 aliphatic carbocycles. The molecule has 0 amide bonds. The molecule has 4 rings (SSSR count). The van der Waals surface area contributed by atoms with Crippen LogP contribution in [0.2, 0.25) is 0 Å². The Morgan fingerprint density at radius 2 is 1.95 bits per heavy atom. The molecule has 0 aromatic carbocycles. The van der Waals surface area contributed by atoms with Crippen LogP contribution in [0.1, 0.15) is 45.1 Å². The molecule has 2 aromatic rings. The predicted molar refractivity (Wildman–Crippen MR) is 143 cm³/mol. The molecule has 2 N–H and O–H groups in total. The summed E-state index contributed by atoms with van der Waals surface area (Å²) >= 11 is 0. The summed E-state index contributed by atoms with van der Waals surface area (Å²) in [6, 6.07) is 0.107. The molecule has 1 atom stereocenters. The van der Waals surface area contributed by atoms with Gasteiger partial charge in [0.25, 0.3) is 0 Å². The van der Waals surface area contributed by atoms with E-state index in [1.165, 1.54) is 0 Å². The van der Waals surface area contributed by atoms with E-state index in [2.05, 4.69) is 20.3 Å². The highest BCUT2D eigenvalue weighted by atomic mass is 32.2. The number of hydrogen-bond acceptors (Lipinski definition) is 9. The van der Waals surface area contributed by atoms with Crippen LogP contribution in [-0.2, 0) is 21.3 Å². The average Bonchev–Trinajstić information content (AvgIpc) is 3.49. The highest BCUT2D eigenvalue weighted by molar-refractivity contribution is 7.89. The predicted octanol–water partition coefficient (Wildman–Crippen LogP) is 1.74. The minimum absolute atomic E-state index is 0.107. The van der Waals surface area contributed by atoms with Gasteiger partial charge in [0.15, 0.2) is 0 Å². The summed E-state index contributed by atoms with van der Waals surface area (Å²) < 4.78 is 34.5. The van der Waals surface area contributed by atoms with E-state index in [0.29, 0.717) is 44.8 Å². The van der Waals surface area contributed by atoms with E-state index in [1.54, 1.807) is 42.3 Å². The first-order valence-corrected chi connectivity index (χ1v) is 14.7. The van der Waals surface area contributed by atoms with E-state index in [0.717, 1.165) is 42.9 Å². The summed E-state index contributed by atoms with van der Waals surface area (Å²) in [5.41, 5.74) is 1.72. The van der Waals surface area contributed by atoms with Crippen molar-refractivity contribution in [2.45, 2.75) is 70.7 Å². The molecule has 2 aliphatic heterocycles. The Labute approximate surface area is 220 Å². The summed E-state index contributed by atoms with van der Waals surface area (Å²) in [5.74, 6) is 0.710. The van der Waals surface area contributed by atoms with Crippen LogP contribution in [0, 0.1) is 6.92 Å². The molecule has 37 heavy (non-hydrogen) atoms. The Morgan fingerprint density at radius 1 is 1.19 bits per heavy atom. The second kappa shape index (κ2) is 11.7. The molecule has 0 radical (unpaired) electrons. The van der Waals surface area contributed by atoms with Crippen LogP contribution in [-0.4, -0.2) is 106 Å². The molecular weight excluding hydrogens is 494 g/mol. The van der Waals surface area contributed by atoms with E-state index < -0.39 is 15.6 Å². The van der Waals surface area contributed by atoms with E-state index >= 15 is 0 Å². The van der Waals surface area contributed by atoms with Gasteiger partial charge in [-0.3, -0.25) is 4.68 Å². The van der Waals surface area contributed by atoms with Gasteiger partial charge in [-0.15, -0.1) is 0 Å². The summed E-state index contributed by atoms with van der Waals surface area (Å²) in [4.78, 5) is 11.5. The second-order valence-electron chi connectivity index (χ2n) is 10.9. The zero-order valence-electron chi connectivity index (χ0n) is 22.4. The third-order valence-corrected chi connectivity index (χ3v) is 9.00. The van der Waals surface area contributed by atoms with Gasteiger partial charge in [-0.25, -0.2) is 22.7 Å². The van der Waals surface area contributed by atoms with E-state index in [4.69, 9.17) is 9.72 Å². The van der Waals surface area contributed by atoms with Gasteiger partial charge >= 0.3 is 0 Å². The van der Waals surface area contributed by atoms with E-state index in [-0.39, 0.29) is 17.9 Å². The zero-order valence-corrected chi connectivity index (χ0v) is 23.2. The standard InChI is InChI=1S/C25H41N7O4S/c1-19-14-26-24(29-23(19)20-15-27-31(16-20)18-25(2,3)33)28-21-6-11-32(12-7-21)37(34,35)13-5-9-30-10-8-22(17-30)36-4/h14-16,21-22,33H,5-13,17-18H2,1-4H3,(H,26,28,29)/t22-/m1/s1. The van der Waals surface area contributed by atoms with Crippen molar-refractivity contribution in [2.75, 3.05) is 50.9 Å². The number of nitrogens with one attached hydrogen (secondary N) is 1. The van der Waals surface area contributed by atoms with Gasteiger partial charge in [-0.05, 0) is 58.6 Å². The SMILES string of the molecule is CO[C@@H]1CCN(CCCS(=O)(=O)N2CCC(Nc3ncc(C)c(-c4cnn(CC(C)(C)O)c4)n3)CC2)C1. The molecule has 2 fully saturated rings. The number of nitrogens with zero attached hydrogens (tertiary/aromatic N) is 6. The van der Waals surface area contributed by atoms with Crippen molar-refractivity contribution in [3.63, 3.8) is 0 Å². The Hall–Kier alpha value is -2.12. The smallest absolute Gasteiger partial charge is 0.223 e. The molecule has 0 saturated carbocycles. The topological polar surface area (TPSA) is 126 Å². The highest BCUT2D eigenvalue weighted by Gasteiger charge is 2.29. The summed E-state index contributed by atoms with van der Waals surface area (Å²) in [7, 11) is -1.53. The first-order chi connectivity index (χ1) is 17.5. The molecule has 11 nitrogen and oxygen atoms in total. The maximum absolute atomic E-state index is 12.9. The number of sulfonamides is 1. The first kappa shape index (κ1) is 27.9. The number of hydrogen-bond donors (Lipinski definition) is 2. The average molecular weight is 536 g/mol. The van der Waals surface area contributed by atoms with Crippen molar-refractivity contribution < 1.29 is 18.3 Å². The molecule has 0 spiro atoms. The molecule has 2 aliphatic rings. The minimum Gasteiger partial charge on any atom is -0.389 e. The molecule has 12 heteroatoms. The summed E-state index contributed by atoms with van der Waals surface area (Å²) in [6.07, 6.45) is 8.74. The van der Waals surface area contributed by atoms with Gasteiger partial charge in [0.1, 0.15) is 0 Å². The fourth-order valence-electron chi connectivity index (χ4n) is 5.03. The Morgan fingerprint density at radius 3 is 2.62 bits per heavy atom. The van der Waals surface area contributed by atoms with Crippen molar-refractivity contribution in [3.8, 4) is 11.3 Å². The van der Waals surface area contributed by atoms with Crippen molar-refractivity contribution in [2.24, 2.45) is 0 Å². The molecule has 0 unspecified atom stereocenters. The molecule has 4 heterocycles. The van der Waals surface area contributed by atoms with Gasteiger partial charge in [0, 0.05) is 57.3 Å². The van der Waals surface area contributed by atoms with Crippen molar-refractivity contribution in [1.29, 1.82) is 0 Å². The maximum atomic E-state index is 12.9. The quantitative estimate of drug-likeness (QED) is 0.442. The van der Waals surface area contributed by atoms with Crippen LogP contribution < -0.4 is 5.32 Å². The van der Waals surface area contributed by atoms with Crippen molar-refractivity contribution >= 4 is 16.0 Å². The molecular formula is C25H41N7O4S. The van der Waals surface area contributed by atoms with Crippen LogP contribution in [0.4, 0.5) is 5.95 Å². The van der Waals surface area contributed by atoms with Crippen LogP contribution in [0.15, 0.2) is 18.6 Å². The number of ether oxygens (including phenoxy) is 1. The molecule has 0 bridgehead atoms. The van der Waals surface area contributed by atoms with Gasteiger partial charge in [0.05, 0.1) is 35.9 Å². The number of likely N-dealkylation sites (tertiary alicyclic amines) is 1. The maximum Gasteiger partial charge on any atom is 0.223 e. The Balaban J connectivity index is 1.27. The number of rotatable bonds is 11. The van der Waals surface area contributed by atoms with Crippen molar-refractivity contribution in [3.05, 3.63) is 24.2 Å². The lowest BCUT2D eigenvalue weighted by Crippen LogP contribution is -2.43. The largest absolute Gasteiger partial charge is 0.389 e.